The maximum Gasteiger partial charge on any atom is 0.241 e. The van der Waals surface area contributed by atoms with Crippen molar-refractivity contribution in [2.24, 2.45) is 0 Å². The monoisotopic (exact) mass is 454 g/mol. The number of carbonyl (C=O) groups excluding carboxylic acids is 1. The minimum absolute atomic E-state index is 0.0255. The SMILES string of the molecule is COc1c(C)cc2c(c1O)[C@@H]1[C@@H]3Cc4cc(C)c(OC)c(O)c4[C@H](CO)N3C(=O)[C@H](C2)N1C. The van der Waals surface area contributed by atoms with Gasteiger partial charge in [0.25, 0.3) is 0 Å². The van der Waals surface area contributed by atoms with Crippen LogP contribution in [0.25, 0.3) is 0 Å². The summed E-state index contributed by atoms with van der Waals surface area (Å²) in [5.41, 5.74) is 4.75. The number of methoxy groups -OCH3 is 2. The predicted molar refractivity (Wildman–Crippen MR) is 121 cm³/mol. The van der Waals surface area contributed by atoms with Crippen molar-refractivity contribution < 1.29 is 29.6 Å². The number of piperazine rings is 1. The second kappa shape index (κ2) is 7.53. The number of phenolic OH excluding ortho intramolecular Hbond substituents is 2. The third kappa shape index (κ3) is 2.80. The van der Waals surface area contributed by atoms with Gasteiger partial charge in [0, 0.05) is 11.1 Å². The van der Waals surface area contributed by atoms with Crippen molar-refractivity contribution in [3.63, 3.8) is 0 Å². The van der Waals surface area contributed by atoms with E-state index in [0.29, 0.717) is 29.9 Å². The van der Waals surface area contributed by atoms with Gasteiger partial charge in [0.2, 0.25) is 5.91 Å². The highest BCUT2D eigenvalue weighted by Crippen LogP contribution is 2.54. The Balaban J connectivity index is 1.74. The van der Waals surface area contributed by atoms with Crippen molar-refractivity contribution in [1.29, 1.82) is 0 Å². The van der Waals surface area contributed by atoms with Crippen molar-refractivity contribution >= 4 is 5.91 Å². The minimum Gasteiger partial charge on any atom is -0.504 e. The molecule has 1 amide bonds. The lowest BCUT2D eigenvalue weighted by Crippen LogP contribution is -2.66. The number of rotatable bonds is 3. The fourth-order valence-electron chi connectivity index (χ4n) is 6.39. The van der Waals surface area contributed by atoms with Crippen LogP contribution >= 0.6 is 0 Å². The summed E-state index contributed by atoms with van der Waals surface area (Å²) in [5, 5.41) is 32.6. The average molecular weight is 455 g/mol. The molecule has 2 aromatic carbocycles. The van der Waals surface area contributed by atoms with E-state index in [2.05, 4.69) is 0 Å². The Morgan fingerprint density at radius 1 is 0.970 bits per heavy atom. The zero-order chi connectivity index (χ0) is 23.8. The van der Waals surface area contributed by atoms with Crippen LogP contribution in [0.4, 0.5) is 0 Å². The van der Waals surface area contributed by atoms with E-state index in [9.17, 15) is 20.1 Å². The number of aliphatic hydroxyl groups is 1. The molecule has 3 N–H and O–H groups in total. The first kappa shape index (κ1) is 21.9. The Hall–Kier alpha value is -2.97. The maximum atomic E-state index is 13.8. The van der Waals surface area contributed by atoms with Crippen molar-refractivity contribution in [3.05, 3.63) is 45.5 Å². The van der Waals surface area contributed by atoms with Crippen LogP contribution in [-0.4, -0.2) is 71.0 Å². The Kier molecular flexibility index (Phi) is 4.99. The first-order valence-electron chi connectivity index (χ1n) is 11.2. The number of aryl methyl sites for hydroxylation is 2. The van der Waals surface area contributed by atoms with Crippen LogP contribution in [0, 0.1) is 13.8 Å². The number of aromatic hydroxyl groups is 2. The summed E-state index contributed by atoms with van der Waals surface area (Å²) in [6.07, 6.45) is 0.934. The topological polar surface area (TPSA) is 103 Å². The number of ether oxygens (including phenoxy) is 2. The molecule has 4 atom stereocenters. The van der Waals surface area contributed by atoms with Gasteiger partial charge in [0.15, 0.2) is 23.0 Å². The third-order valence-corrected chi connectivity index (χ3v) is 7.71. The van der Waals surface area contributed by atoms with Gasteiger partial charge in [-0.25, -0.2) is 0 Å². The van der Waals surface area contributed by atoms with Gasteiger partial charge >= 0.3 is 0 Å². The molecule has 176 valence electrons. The van der Waals surface area contributed by atoms with Crippen molar-refractivity contribution in [2.45, 2.75) is 50.9 Å². The molecule has 3 heterocycles. The number of carbonyl (C=O) groups is 1. The highest BCUT2D eigenvalue weighted by molar-refractivity contribution is 5.86. The molecule has 5 rings (SSSR count). The fraction of sp³-hybridized carbons (Fsp3) is 0.480. The van der Waals surface area contributed by atoms with Gasteiger partial charge in [-0.2, -0.15) is 0 Å². The van der Waals surface area contributed by atoms with E-state index in [1.807, 2.05) is 37.9 Å². The van der Waals surface area contributed by atoms with Crippen LogP contribution in [0.2, 0.25) is 0 Å². The number of fused-ring (bicyclic) bond motifs is 7. The number of likely N-dealkylation sites (N-methyl/N-ethyl adjacent to an activating group) is 1. The molecule has 0 saturated carbocycles. The van der Waals surface area contributed by atoms with Crippen LogP contribution in [0.5, 0.6) is 23.0 Å². The lowest BCUT2D eigenvalue weighted by Gasteiger charge is -2.57. The van der Waals surface area contributed by atoms with E-state index in [1.165, 1.54) is 14.2 Å². The highest BCUT2D eigenvalue weighted by Gasteiger charge is 2.55. The Morgan fingerprint density at radius 3 is 2.06 bits per heavy atom. The standard InChI is InChI=1S/C25H30N2O6/c1-11-6-13-8-15-20-19-14(7-12(2)24(33-5)22(19)30)9-16(26(20)3)25(31)27(15)17(10-28)18(13)21(29)23(11)32-4/h6-7,15-17,20,28-30H,8-10H2,1-5H3/t15-,16-,17-,20-/m0/s1. The van der Waals surface area contributed by atoms with E-state index in [1.54, 1.807) is 4.90 Å². The van der Waals surface area contributed by atoms with Crippen molar-refractivity contribution in [1.82, 2.24) is 9.80 Å². The van der Waals surface area contributed by atoms with Gasteiger partial charge in [-0.05, 0) is 56.0 Å². The molecule has 8 nitrogen and oxygen atoms in total. The molecule has 3 aliphatic heterocycles. The number of amides is 1. The average Bonchev–Trinajstić information content (AvgIpc) is 2.77. The molecule has 0 spiro atoms. The number of hydrogen-bond donors (Lipinski definition) is 3. The molecule has 33 heavy (non-hydrogen) atoms. The van der Waals surface area contributed by atoms with Gasteiger partial charge in [-0.3, -0.25) is 9.69 Å². The van der Waals surface area contributed by atoms with E-state index in [-0.39, 0.29) is 36.1 Å². The first-order valence-corrected chi connectivity index (χ1v) is 11.2. The molecule has 0 aliphatic carbocycles. The molecule has 0 unspecified atom stereocenters. The summed E-state index contributed by atoms with van der Waals surface area (Å²) in [5.74, 6) is 0.799. The zero-order valence-corrected chi connectivity index (χ0v) is 19.5. The predicted octanol–water partition coefficient (Wildman–Crippen LogP) is 2.13. The summed E-state index contributed by atoms with van der Waals surface area (Å²) in [7, 11) is 4.95. The molecular weight excluding hydrogens is 424 g/mol. The molecule has 2 aromatic rings. The summed E-state index contributed by atoms with van der Waals surface area (Å²) >= 11 is 0. The molecule has 0 radical (unpaired) electrons. The molecule has 1 fully saturated rings. The molecule has 0 aromatic heterocycles. The fourth-order valence-corrected chi connectivity index (χ4v) is 6.39. The third-order valence-electron chi connectivity index (χ3n) is 7.71. The summed E-state index contributed by atoms with van der Waals surface area (Å²) < 4.78 is 10.9. The Labute approximate surface area is 193 Å². The Morgan fingerprint density at radius 2 is 1.52 bits per heavy atom. The number of benzene rings is 2. The highest BCUT2D eigenvalue weighted by atomic mass is 16.5. The summed E-state index contributed by atoms with van der Waals surface area (Å²) in [6, 6.07) is 2.24. The van der Waals surface area contributed by atoms with Crippen LogP contribution in [0.3, 0.4) is 0 Å². The van der Waals surface area contributed by atoms with Crippen LogP contribution < -0.4 is 9.47 Å². The van der Waals surface area contributed by atoms with Gasteiger partial charge < -0.3 is 29.7 Å². The maximum absolute atomic E-state index is 13.8. The smallest absolute Gasteiger partial charge is 0.241 e. The van der Waals surface area contributed by atoms with E-state index in [4.69, 9.17) is 9.47 Å². The van der Waals surface area contributed by atoms with Crippen molar-refractivity contribution in [2.75, 3.05) is 27.9 Å². The number of phenols is 2. The van der Waals surface area contributed by atoms with Gasteiger partial charge in [-0.15, -0.1) is 0 Å². The second-order valence-electron chi connectivity index (χ2n) is 9.34. The van der Waals surface area contributed by atoms with Gasteiger partial charge in [0.1, 0.15) is 0 Å². The van der Waals surface area contributed by atoms with Gasteiger partial charge in [0.05, 0.1) is 45.0 Å². The first-order chi connectivity index (χ1) is 15.7. The summed E-state index contributed by atoms with van der Waals surface area (Å²) in [4.78, 5) is 17.5. The molecule has 2 bridgehead atoms. The number of aliphatic hydroxyl groups excluding tert-OH is 1. The lowest BCUT2D eigenvalue weighted by molar-refractivity contribution is -0.158. The largest absolute Gasteiger partial charge is 0.504 e. The van der Waals surface area contributed by atoms with Crippen LogP contribution in [0.1, 0.15) is 45.5 Å². The molecule has 3 aliphatic rings. The minimum atomic E-state index is -0.699. The number of nitrogens with zero attached hydrogens (tertiary/aromatic N) is 2. The van der Waals surface area contributed by atoms with Crippen LogP contribution in [-0.2, 0) is 17.6 Å². The quantitative estimate of drug-likeness (QED) is 0.653. The van der Waals surface area contributed by atoms with Crippen molar-refractivity contribution in [3.8, 4) is 23.0 Å². The normalized spacial score (nSPS) is 25.9. The number of hydrogen-bond acceptors (Lipinski definition) is 7. The second-order valence-corrected chi connectivity index (χ2v) is 9.34. The molecule has 1 saturated heterocycles. The van der Waals surface area contributed by atoms with Crippen LogP contribution in [0.15, 0.2) is 12.1 Å². The molecule has 8 heteroatoms. The van der Waals surface area contributed by atoms with Gasteiger partial charge in [-0.1, -0.05) is 12.1 Å². The molecular formula is C25H30N2O6. The lowest BCUT2D eigenvalue weighted by atomic mass is 9.74. The van der Waals surface area contributed by atoms with E-state index >= 15 is 0 Å². The Bertz CT molecular complexity index is 1160. The van der Waals surface area contributed by atoms with E-state index < -0.39 is 12.1 Å². The van der Waals surface area contributed by atoms with E-state index in [0.717, 1.165) is 27.8 Å². The zero-order valence-electron chi connectivity index (χ0n) is 19.5. The summed E-state index contributed by atoms with van der Waals surface area (Å²) in [6.45, 7) is 3.43.